The molecule has 0 saturated heterocycles. The number of aryl methyl sites for hydroxylation is 2. The van der Waals surface area contributed by atoms with Gasteiger partial charge in [-0.15, -0.1) is 0 Å². The molecule has 1 aliphatic carbocycles. The van der Waals surface area contributed by atoms with Gasteiger partial charge in [0.2, 0.25) is 0 Å². The topological polar surface area (TPSA) is 59.6 Å². The number of nitrogens with zero attached hydrogens (tertiary/aromatic N) is 1. The summed E-state index contributed by atoms with van der Waals surface area (Å²) < 4.78 is 5.52. The van der Waals surface area contributed by atoms with E-state index in [9.17, 15) is 0 Å². The van der Waals surface area contributed by atoms with Crippen LogP contribution < -0.4 is 15.8 Å². The summed E-state index contributed by atoms with van der Waals surface area (Å²) in [5.74, 6) is 1.37. The minimum atomic E-state index is 0.467. The van der Waals surface area contributed by atoms with E-state index in [0.29, 0.717) is 19.1 Å². The van der Waals surface area contributed by atoms with E-state index in [2.05, 4.69) is 40.6 Å². The van der Waals surface area contributed by atoms with E-state index in [-0.39, 0.29) is 0 Å². The summed E-state index contributed by atoms with van der Waals surface area (Å²) in [7, 11) is 0. The zero-order valence-corrected chi connectivity index (χ0v) is 14.2. The number of nitrogens with two attached hydrogens (primary N) is 1. The monoisotopic (exact) mass is 323 g/mol. The number of hydrogen-bond acceptors (Lipinski definition) is 2. The normalized spacial score (nSPS) is 13.6. The molecule has 0 bridgehead atoms. The van der Waals surface area contributed by atoms with Crippen molar-refractivity contribution in [1.29, 1.82) is 0 Å². The van der Waals surface area contributed by atoms with Gasteiger partial charge in [-0.05, 0) is 73.6 Å². The number of aliphatic imine (C=N–C) groups is 1. The van der Waals surface area contributed by atoms with Crippen LogP contribution in [-0.2, 0) is 19.3 Å². The fourth-order valence-corrected chi connectivity index (χ4v) is 3.10. The predicted molar refractivity (Wildman–Crippen MR) is 99.9 cm³/mol. The van der Waals surface area contributed by atoms with Crippen LogP contribution in [0.4, 0.5) is 5.69 Å². The fraction of sp³-hybridized carbons (Fsp3) is 0.350. The van der Waals surface area contributed by atoms with E-state index >= 15 is 0 Å². The molecule has 2 aromatic carbocycles. The van der Waals surface area contributed by atoms with E-state index in [1.54, 1.807) is 0 Å². The average molecular weight is 323 g/mol. The summed E-state index contributed by atoms with van der Waals surface area (Å²) in [6.07, 6.45) is 4.45. The molecule has 126 valence electrons. The van der Waals surface area contributed by atoms with Gasteiger partial charge in [0.05, 0.1) is 6.61 Å². The van der Waals surface area contributed by atoms with Gasteiger partial charge in [-0.3, -0.25) is 4.99 Å². The first-order valence-corrected chi connectivity index (χ1v) is 8.65. The smallest absolute Gasteiger partial charge is 0.193 e. The first kappa shape index (κ1) is 16.4. The van der Waals surface area contributed by atoms with Crippen LogP contribution in [0.15, 0.2) is 47.5 Å². The highest BCUT2D eigenvalue weighted by atomic mass is 16.5. The van der Waals surface area contributed by atoms with Crippen molar-refractivity contribution < 1.29 is 4.74 Å². The van der Waals surface area contributed by atoms with E-state index in [1.165, 1.54) is 29.5 Å². The lowest BCUT2D eigenvalue weighted by molar-refractivity contribution is 0.340. The Labute approximate surface area is 143 Å². The van der Waals surface area contributed by atoms with Gasteiger partial charge in [-0.1, -0.05) is 18.2 Å². The quantitative estimate of drug-likeness (QED) is 0.631. The van der Waals surface area contributed by atoms with Gasteiger partial charge in [0.1, 0.15) is 5.75 Å². The van der Waals surface area contributed by atoms with Crippen LogP contribution >= 0.6 is 0 Å². The Morgan fingerprint density at radius 2 is 2.04 bits per heavy atom. The minimum absolute atomic E-state index is 0.467. The van der Waals surface area contributed by atoms with Gasteiger partial charge in [-0.25, -0.2) is 0 Å². The first-order valence-electron chi connectivity index (χ1n) is 8.65. The van der Waals surface area contributed by atoms with E-state index in [0.717, 1.165) is 24.3 Å². The third-order valence-corrected chi connectivity index (χ3v) is 4.26. The number of anilines is 1. The van der Waals surface area contributed by atoms with Gasteiger partial charge in [0, 0.05) is 12.2 Å². The van der Waals surface area contributed by atoms with Gasteiger partial charge in [0.25, 0.3) is 0 Å². The van der Waals surface area contributed by atoms with Crippen molar-refractivity contribution in [2.45, 2.75) is 32.6 Å². The molecule has 24 heavy (non-hydrogen) atoms. The minimum Gasteiger partial charge on any atom is -0.494 e. The molecule has 0 heterocycles. The summed E-state index contributed by atoms with van der Waals surface area (Å²) >= 11 is 0. The molecule has 3 N–H and O–H groups in total. The van der Waals surface area contributed by atoms with Crippen LogP contribution in [0, 0.1) is 0 Å². The highest BCUT2D eigenvalue weighted by molar-refractivity contribution is 5.92. The van der Waals surface area contributed by atoms with Gasteiger partial charge < -0.3 is 15.8 Å². The molecule has 0 unspecified atom stereocenters. The van der Waals surface area contributed by atoms with Gasteiger partial charge in [-0.2, -0.15) is 0 Å². The predicted octanol–water partition coefficient (Wildman–Crippen LogP) is 3.54. The Balaban J connectivity index is 1.54. The van der Waals surface area contributed by atoms with Crippen molar-refractivity contribution in [2.24, 2.45) is 10.7 Å². The maximum absolute atomic E-state index is 6.01. The van der Waals surface area contributed by atoms with Crippen molar-refractivity contribution in [1.82, 2.24) is 0 Å². The molecule has 1 aliphatic rings. The Bertz CT molecular complexity index is 725. The Morgan fingerprint density at radius 1 is 1.17 bits per heavy atom. The van der Waals surface area contributed by atoms with Crippen molar-refractivity contribution in [3.63, 3.8) is 0 Å². The molecule has 0 saturated carbocycles. The van der Waals surface area contributed by atoms with Crippen molar-refractivity contribution >= 4 is 11.6 Å². The van der Waals surface area contributed by atoms with Gasteiger partial charge >= 0.3 is 0 Å². The second kappa shape index (κ2) is 7.86. The molecular formula is C20H25N3O. The van der Waals surface area contributed by atoms with Gasteiger partial charge in [0.15, 0.2) is 5.96 Å². The molecule has 0 fully saturated rings. The molecule has 4 nitrogen and oxygen atoms in total. The first-order chi connectivity index (χ1) is 11.7. The van der Waals surface area contributed by atoms with E-state index < -0.39 is 0 Å². The second-order valence-electron chi connectivity index (χ2n) is 6.06. The Morgan fingerprint density at radius 3 is 2.92 bits per heavy atom. The lowest BCUT2D eigenvalue weighted by Gasteiger charge is -2.08. The molecule has 0 amide bonds. The molecule has 0 aliphatic heterocycles. The van der Waals surface area contributed by atoms with Crippen molar-refractivity contribution in [3.05, 3.63) is 59.2 Å². The average Bonchev–Trinajstić information content (AvgIpc) is 3.03. The molecule has 0 spiro atoms. The van der Waals surface area contributed by atoms with E-state index in [1.807, 2.05) is 19.1 Å². The van der Waals surface area contributed by atoms with Crippen molar-refractivity contribution in [2.75, 3.05) is 18.5 Å². The summed E-state index contributed by atoms with van der Waals surface area (Å²) in [6, 6.07) is 14.6. The summed E-state index contributed by atoms with van der Waals surface area (Å²) in [4.78, 5) is 4.43. The molecule has 4 heteroatoms. The number of nitrogens with one attached hydrogen (secondary N) is 1. The molecular weight excluding hydrogens is 298 g/mol. The Kier molecular flexibility index (Phi) is 5.36. The number of hydrogen-bond donors (Lipinski definition) is 2. The maximum Gasteiger partial charge on any atom is 0.193 e. The number of guanidine groups is 1. The summed E-state index contributed by atoms with van der Waals surface area (Å²) in [5, 5.41) is 3.19. The fourth-order valence-electron chi connectivity index (χ4n) is 3.10. The number of rotatable bonds is 6. The zero-order valence-electron chi connectivity index (χ0n) is 14.2. The van der Waals surface area contributed by atoms with Crippen LogP contribution in [0.25, 0.3) is 0 Å². The standard InChI is InChI=1S/C20H25N3O/c1-2-24-19-8-3-5-15(13-19)11-12-22-20(21)23-18-10-9-16-6-4-7-17(16)14-18/h3,5,8-10,13-14H,2,4,6-7,11-12H2,1H3,(H3,21,22,23). The molecule has 0 atom stereocenters. The molecule has 0 aromatic heterocycles. The zero-order chi connectivity index (χ0) is 16.8. The number of fused-ring (bicyclic) bond motifs is 1. The third kappa shape index (κ3) is 4.28. The maximum atomic E-state index is 6.01. The van der Waals surface area contributed by atoms with Crippen LogP contribution in [0.1, 0.15) is 30.0 Å². The lowest BCUT2D eigenvalue weighted by Crippen LogP contribution is -2.23. The lowest BCUT2D eigenvalue weighted by atomic mass is 10.1. The SMILES string of the molecule is CCOc1cccc(CCN=C(N)Nc2ccc3c(c2)CCC3)c1. The third-order valence-electron chi connectivity index (χ3n) is 4.26. The molecule has 0 radical (unpaired) electrons. The van der Waals surface area contributed by atoms with Crippen LogP contribution in [0.3, 0.4) is 0 Å². The van der Waals surface area contributed by atoms with Crippen LogP contribution in [-0.4, -0.2) is 19.1 Å². The molecule has 2 aromatic rings. The molecule has 3 rings (SSSR count). The number of benzene rings is 2. The number of ether oxygens (including phenoxy) is 1. The highest BCUT2D eigenvalue weighted by Gasteiger charge is 2.10. The Hall–Kier alpha value is -2.49. The highest BCUT2D eigenvalue weighted by Crippen LogP contribution is 2.24. The van der Waals surface area contributed by atoms with Crippen LogP contribution in [0.2, 0.25) is 0 Å². The summed E-state index contributed by atoms with van der Waals surface area (Å²) in [5.41, 5.74) is 11.1. The van der Waals surface area contributed by atoms with E-state index in [4.69, 9.17) is 10.5 Å². The summed E-state index contributed by atoms with van der Waals surface area (Å²) in [6.45, 7) is 3.32. The second-order valence-corrected chi connectivity index (χ2v) is 6.06. The van der Waals surface area contributed by atoms with Crippen LogP contribution in [0.5, 0.6) is 5.75 Å². The largest absolute Gasteiger partial charge is 0.494 e. The van der Waals surface area contributed by atoms with Crippen molar-refractivity contribution in [3.8, 4) is 5.75 Å².